The van der Waals surface area contributed by atoms with Gasteiger partial charge in [0.2, 0.25) is 0 Å². The van der Waals surface area contributed by atoms with Crippen LogP contribution < -0.4 is 0 Å². The van der Waals surface area contributed by atoms with Crippen molar-refractivity contribution in [2.75, 3.05) is 6.61 Å². The first kappa shape index (κ1) is 16.4. The molecule has 0 fully saturated rings. The minimum absolute atomic E-state index is 0.103. The first-order valence-corrected chi connectivity index (χ1v) is 6.70. The van der Waals surface area contributed by atoms with Gasteiger partial charge < -0.3 is 4.74 Å². The van der Waals surface area contributed by atoms with E-state index >= 15 is 0 Å². The molecule has 0 radical (unpaired) electrons. The van der Waals surface area contributed by atoms with Gasteiger partial charge in [-0.25, -0.2) is 4.79 Å². The summed E-state index contributed by atoms with van der Waals surface area (Å²) in [6.45, 7) is 4.87. The van der Waals surface area contributed by atoms with Crippen molar-refractivity contribution in [3.05, 3.63) is 34.3 Å². The van der Waals surface area contributed by atoms with Crippen molar-refractivity contribution < 1.29 is 19.1 Å². The predicted molar refractivity (Wildman–Crippen MR) is 75.7 cm³/mol. The number of carbonyl (C=O) groups excluding carboxylic acids is 3. The van der Waals surface area contributed by atoms with Crippen molar-refractivity contribution in [3.8, 4) is 0 Å². The fourth-order valence-electron chi connectivity index (χ4n) is 1.93. The standard InChI is InChI=1S/C15H17ClO4/c1-4-20-15(19)14(18)13(10(3)17)8-11-5-9(2)6-12(16)7-11/h5-7,13H,4,8H2,1-3H3. The molecule has 0 N–H and O–H groups in total. The molecule has 0 aromatic heterocycles. The Morgan fingerprint density at radius 2 is 1.90 bits per heavy atom. The summed E-state index contributed by atoms with van der Waals surface area (Å²) in [7, 11) is 0. The molecular weight excluding hydrogens is 280 g/mol. The van der Waals surface area contributed by atoms with Gasteiger partial charge in [-0.15, -0.1) is 0 Å². The summed E-state index contributed by atoms with van der Waals surface area (Å²) in [5.74, 6) is -3.16. The number of hydrogen-bond acceptors (Lipinski definition) is 4. The predicted octanol–water partition coefficient (Wildman–Crippen LogP) is 2.53. The van der Waals surface area contributed by atoms with Crippen LogP contribution in [0.15, 0.2) is 18.2 Å². The highest BCUT2D eigenvalue weighted by Gasteiger charge is 2.30. The fraction of sp³-hybridized carbons (Fsp3) is 0.400. The average Bonchev–Trinajstić information content (AvgIpc) is 2.34. The number of benzene rings is 1. The molecule has 0 aliphatic heterocycles. The number of carbonyl (C=O) groups is 3. The zero-order valence-electron chi connectivity index (χ0n) is 11.7. The van der Waals surface area contributed by atoms with Crippen LogP contribution >= 0.6 is 11.6 Å². The highest BCUT2D eigenvalue weighted by Crippen LogP contribution is 2.19. The summed E-state index contributed by atoms with van der Waals surface area (Å²) in [4.78, 5) is 35.0. The zero-order chi connectivity index (χ0) is 15.3. The third-order valence-electron chi connectivity index (χ3n) is 2.83. The monoisotopic (exact) mass is 296 g/mol. The van der Waals surface area contributed by atoms with Gasteiger partial charge in [0.05, 0.1) is 12.5 Å². The van der Waals surface area contributed by atoms with Crippen molar-refractivity contribution in [1.29, 1.82) is 0 Å². The number of aryl methyl sites for hydroxylation is 1. The molecule has 1 rings (SSSR count). The largest absolute Gasteiger partial charge is 0.460 e. The van der Waals surface area contributed by atoms with Crippen LogP contribution in [0.3, 0.4) is 0 Å². The van der Waals surface area contributed by atoms with Gasteiger partial charge in [-0.2, -0.15) is 0 Å². The van der Waals surface area contributed by atoms with Gasteiger partial charge in [0.25, 0.3) is 5.78 Å². The molecule has 0 saturated heterocycles. The summed E-state index contributed by atoms with van der Waals surface area (Å²) in [5, 5.41) is 0.533. The van der Waals surface area contributed by atoms with Crippen molar-refractivity contribution in [2.45, 2.75) is 27.2 Å². The summed E-state index contributed by atoms with van der Waals surface area (Å²) in [6, 6.07) is 5.30. The van der Waals surface area contributed by atoms with Gasteiger partial charge in [-0.1, -0.05) is 17.7 Å². The maximum atomic E-state index is 11.9. The Morgan fingerprint density at radius 3 is 2.40 bits per heavy atom. The Balaban J connectivity index is 2.95. The second-order valence-corrected chi connectivity index (χ2v) is 5.03. The van der Waals surface area contributed by atoms with Crippen LogP contribution in [-0.4, -0.2) is 24.1 Å². The summed E-state index contributed by atoms with van der Waals surface area (Å²) in [6.07, 6.45) is 0.147. The molecule has 0 amide bonds. The quantitative estimate of drug-likeness (QED) is 0.460. The molecule has 1 aromatic rings. The van der Waals surface area contributed by atoms with E-state index < -0.39 is 17.7 Å². The lowest BCUT2D eigenvalue weighted by Gasteiger charge is -2.12. The van der Waals surface area contributed by atoms with Gasteiger partial charge in [-0.05, 0) is 50.5 Å². The molecule has 0 bridgehead atoms. The van der Waals surface area contributed by atoms with Crippen LogP contribution in [0.5, 0.6) is 0 Å². The van der Waals surface area contributed by atoms with E-state index in [2.05, 4.69) is 4.74 Å². The summed E-state index contributed by atoms with van der Waals surface area (Å²) < 4.78 is 4.65. The molecule has 1 atom stereocenters. The fourth-order valence-corrected chi connectivity index (χ4v) is 2.24. The van der Waals surface area contributed by atoms with Gasteiger partial charge in [0, 0.05) is 5.02 Å². The van der Waals surface area contributed by atoms with Crippen LogP contribution in [0.1, 0.15) is 25.0 Å². The van der Waals surface area contributed by atoms with E-state index in [1.807, 2.05) is 13.0 Å². The Morgan fingerprint density at radius 1 is 1.25 bits per heavy atom. The second-order valence-electron chi connectivity index (χ2n) is 4.59. The average molecular weight is 297 g/mol. The van der Waals surface area contributed by atoms with Crippen LogP contribution in [0.25, 0.3) is 0 Å². The molecule has 0 aliphatic carbocycles. The Bertz CT molecular complexity index is 516. The lowest BCUT2D eigenvalue weighted by atomic mass is 9.91. The molecule has 108 valence electrons. The van der Waals surface area contributed by atoms with E-state index in [-0.39, 0.29) is 18.8 Å². The minimum atomic E-state index is -1.02. The molecule has 1 aromatic carbocycles. The smallest absolute Gasteiger partial charge is 0.375 e. The first-order chi connectivity index (χ1) is 9.35. The summed E-state index contributed by atoms with van der Waals surface area (Å²) >= 11 is 5.94. The van der Waals surface area contributed by atoms with Crippen LogP contribution in [0.4, 0.5) is 0 Å². The summed E-state index contributed by atoms with van der Waals surface area (Å²) in [5.41, 5.74) is 1.67. The second kappa shape index (κ2) is 7.20. The van der Waals surface area contributed by atoms with E-state index in [9.17, 15) is 14.4 Å². The molecule has 20 heavy (non-hydrogen) atoms. The van der Waals surface area contributed by atoms with Gasteiger partial charge in [0.1, 0.15) is 5.78 Å². The maximum absolute atomic E-state index is 11.9. The zero-order valence-corrected chi connectivity index (χ0v) is 12.5. The van der Waals surface area contributed by atoms with E-state index in [1.54, 1.807) is 19.1 Å². The van der Waals surface area contributed by atoms with Crippen molar-refractivity contribution in [3.63, 3.8) is 0 Å². The number of esters is 1. The lowest BCUT2D eigenvalue weighted by molar-refractivity contribution is -0.156. The highest BCUT2D eigenvalue weighted by molar-refractivity contribution is 6.38. The number of Topliss-reactive ketones (excluding diaryl/α,β-unsaturated/α-hetero) is 2. The molecule has 0 aliphatic rings. The Kier molecular flexibility index (Phi) is 5.89. The maximum Gasteiger partial charge on any atom is 0.375 e. The number of rotatable bonds is 6. The molecule has 1 unspecified atom stereocenters. The number of hydrogen-bond donors (Lipinski definition) is 0. The van der Waals surface area contributed by atoms with Crippen LogP contribution in [-0.2, 0) is 25.5 Å². The third-order valence-corrected chi connectivity index (χ3v) is 3.04. The van der Waals surface area contributed by atoms with E-state index in [0.717, 1.165) is 11.1 Å². The first-order valence-electron chi connectivity index (χ1n) is 6.32. The van der Waals surface area contributed by atoms with Crippen LogP contribution in [0, 0.1) is 12.8 Å². The molecule has 5 heteroatoms. The SMILES string of the molecule is CCOC(=O)C(=O)C(Cc1cc(C)cc(Cl)c1)C(C)=O. The van der Waals surface area contributed by atoms with E-state index in [4.69, 9.17) is 11.6 Å². The molecular formula is C15H17ClO4. The highest BCUT2D eigenvalue weighted by atomic mass is 35.5. The lowest BCUT2D eigenvalue weighted by Crippen LogP contribution is -2.32. The van der Waals surface area contributed by atoms with Crippen molar-refractivity contribution >= 4 is 29.1 Å². The van der Waals surface area contributed by atoms with E-state index in [0.29, 0.717) is 5.02 Å². The Labute approximate surface area is 123 Å². The molecule has 0 saturated carbocycles. The number of ether oxygens (including phenoxy) is 1. The molecule has 4 nitrogen and oxygen atoms in total. The third kappa shape index (κ3) is 4.46. The van der Waals surface area contributed by atoms with Gasteiger partial charge in [-0.3, -0.25) is 9.59 Å². The van der Waals surface area contributed by atoms with Crippen LogP contribution in [0.2, 0.25) is 5.02 Å². The van der Waals surface area contributed by atoms with E-state index in [1.165, 1.54) is 6.92 Å². The normalized spacial score (nSPS) is 11.8. The van der Waals surface area contributed by atoms with Gasteiger partial charge in [0.15, 0.2) is 0 Å². The van der Waals surface area contributed by atoms with Crippen molar-refractivity contribution in [2.24, 2.45) is 5.92 Å². The number of ketones is 2. The van der Waals surface area contributed by atoms with Gasteiger partial charge >= 0.3 is 5.97 Å². The van der Waals surface area contributed by atoms with Crippen molar-refractivity contribution in [1.82, 2.24) is 0 Å². The molecule has 0 heterocycles. The number of halogens is 1. The molecule has 0 spiro atoms. The Hall–Kier alpha value is -1.68. The minimum Gasteiger partial charge on any atom is -0.460 e. The topological polar surface area (TPSA) is 60.4 Å².